The lowest BCUT2D eigenvalue weighted by molar-refractivity contribution is 0.387. The number of nitrogens with two attached hydrogens (primary N) is 1. The fourth-order valence-corrected chi connectivity index (χ4v) is 1.85. The van der Waals surface area contributed by atoms with E-state index in [-0.39, 0.29) is 5.75 Å². The van der Waals surface area contributed by atoms with Crippen molar-refractivity contribution >= 4 is 22.7 Å². The van der Waals surface area contributed by atoms with Crippen molar-refractivity contribution in [3.63, 3.8) is 0 Å². The monoisotopic (exact) mass is 275 g/mol. The molecule has 2 rings (SSSR count). The summed E-state index contributed by atoms with van der Waals surface area (Å²) in [6.45, 7) is 0. The van der Waals surface area contributed by atoms with Crippen LogP contribution in [0, 0.1) is 5.82 Å². The number of rotatable bonds is 4. The smallest absolute Gasteiger partial charge is 0.167 e. The van der Waals surface area contributed by atoms with Crippen molar-refractivity contribution in [1.29, 1.82) is 0 Å². The Balaban J connectivity index is 2.32. The summed E-state index contributed by atoms with van der Waals surface area (Å²) in [7, 11) is 5.36. The van der Waals surface area contributed by atoms with Gasteiger partial charge in [-0.2, -0.15) is 0 Å². The molecular formula is C15H18FN3O. The highest BCUT2D eigenvalue weighted by molar-refractivity contribution is 5.75. The zero-order valence-electron chi connectivity index (χ0n) is 11.8. The normalized spacial score (nSPS) is 10.2. The van der Waals surface area contributed by atoms with E-state index in [9.17, 15) is 4.39 Å². The average molecular weight is 275 g/mol. The number of hydrogen-bond acceptors (Lipinski definition) is 4. The molecule has 0 heterocycles. The van der Waals surface area contributed by atoms with Crippen molar-refractivity contribution < 1.29 is 9.13 Å². The molecule has 0 aliphatic heterocycles. The van der Waals surface area contributed by atoms with E-state index in [4.69, 9.17) is 10.5 Å². The second-order valence-corrected chi connectivity index (χ2v) is 4.64. The van der Waals surface area contributed by atoms with Gasteiger partial charge in [-0.3, -0.25) is 0 Å². The first kappa shape index (κ1) is 14.0. The summed E-state index contributed by atoms with van der Waals surface area (Å²) < 4.78 is 18.5. The lowest BCUT2D eigenvalue weighted by atomic mass is 10.2. The fourth-order valence-electron chi connectivity index (χ4n) is 1.85. The van der Waals surface area contributed by atoms with Gasteiger partial charge in [0.05, 0.1) is 18.5 Å². The second-order valence-electron chi connectivity index (χ2n) is 4.64. The second kappa shape index (κ2) is 5.69. The topological polar surface area (TPSA) is 50.5 Å². The van der Waals surface area contributed by atoms with Crippen molar-refractivity contribution in [2.75, 3.05) is 37.2 Å². The molecule has 0 aliphatic carbocycles. The Bertz CT molecular complexity index is 614. The van der Waals surface area contributed by atoms with Crippen molar-refractivity contribution in [1.82, 2.24) is 0 Å². The van der Waals surface area contributed by atoms with E-state index >= 15 is 0 Å². The Labute approximate surface area is 118 Å². The van der Waals surface area contributed by atoms with Crippen LogP contribution in [0.2, 0.25) is 0 Å². The summed E-state index contributed by atoms with van der Waals surface area (Å²) in [6, 6.07) is 10.6. The summed E-state index contributed by atoms with van der Waals surface area (Å²) in [4.78, 5) is 2.00. The quantitative estimate of drug-likeness (QED) is 0.841. The summed E-state index contributed by atoms with van der Waals surface area (Å²) in [6.07, 6.45) is 0. The minimum atomic E-state index is -0.474. The number of anilines is 4. The maximum Gasteiger partial charge on any atom is 0.167 e. The molecule has 106 valence electrons. The minimum absolute atomic E-state index is 0.158. The number of benzene rings is 2. The Morgan fingerprint density at radius 1 is 1.20 bits per heavy atom. The number of methoxy groups -OCH3 is 1. The molecule has 0 atom stereocenters. The van der Waals surface area contributed by atoms with Crippen LogP contribution in [0.25, 0.3) is 0 Å². The summed E-state index contributed by atoms with van der Waals surface area (Å²) >= 11 is 0. The molecule has 4 nitrogen and oxygen atoms in total. The van der Waals surface area contributed by atoms with Gasteiger partial charge >= 0.3 is 0 Å². The van der Waals surface area contributed by atoms with E-state index in [0.29, 0.717) is 11.4 Å². The van der Waals surface area contributed by atoms with Gasteiger partial charge in [0.15, 0.2) is 11.6 Å². The molecule has 0 spiro atoms. The van der Waals surface area contributed by atoms with Gasteiger partial charge < -0.3 is 20.7 Å². The van der Waals surface area contributed by atoms with Crippen molar-refractivity contribution in [2.45, 2.75) is 0 Å². The zero-order valence-corrected chi connectivity index (χ0v) is 11.8. The third kappa shape index (κ3) is 2.93. The molecule has 3 N–H and O–H groups in total. The number of nitrogen functional groups attached to an aromatic ring is 1. The molecule has 20 heavy (non-hydrogen) atoms. The van der Waals surface area contributed by atoms with Crippen LogP contribution in [-0.2, 0) is 0 Å². The molecule has 0 radical (unpaired) electrons. The number of hydrogen-bond donors (Lipinski definition) is 2. The number of nitrogens with one attached hydrogen (secondary N) is 1. The van der Waals surface area contributed by atoms with Gasteiger partial charge in [0, 0.05) is 37.6 Å². The van der Waals surface area contributed by atoms with Crippen LogP contribution in [0.1, 0.15) is 0 Å². The van der Waals surface area contributed by atoms with Crippen molar-refractivity contribution in [3.8, 4) is 5.75 Å². The Morgan fingerprint density at radius 2 is 1.95 bits per heavy atom. The largest absolute Gasteiger partial charge is 0.494 e. The molecule has 2 aromatic rings. The number of ether oxygens (including phenoxy) is 1. The van der Waals surface area contributed by atoms with Gasteiger partial charge in [-0.15, -0.1) is 0 Å². The van der Waals surface area contributed by atoms with Crippen LogP contribution in [0.15, 0.2) is 36.4 Å². The average Bonchev–Trinajstić information content (AvgIpc) is 2.42. The molecular weight excluding hydrogens is 257 g/mol. The van der Waals surface area contributed by atoms with Gasteiger partial charge in [0.2, 0.25) is 0 Å². The van der Waals surface area contributed by atoms with E-state index in [2.05, 4.69) is 5.32 Å². The Kier molecular flexibility index (Phi) is 3.98. The third-order valence-electron chi connectivity index (χ3n) is 2.97. The first-order valence-corrected chi connectivity index (χ1v) is 6.18. The maximum absolute atomic E-state index is 13.5. The summed E-state index contributed by atoms with van der Waals surface area (Å²) in [5.41, 5.74) is 8.69. The van der Waals surface area contributed by atoms with E-state index in [1.165, 1.54) is 13.2 Å². The van der Waals surface area contributed by atoms with Crippen molar-refractivity contribution in [3.05, 3.63) is 42.2 Å². The molecule has 0 bridgehead atoms. The highest BCUT2D eigenvalue weighted by Crippen LogP contribution is 2.31. The van der Waals surface area contributed by atoms with Crippen molar-refractivity contribution in [2.24, 2.45) is 0 Å². The van der Waals surface area contributed by atoms with Gasteiger partial charge in [0.1, 0.15) is 0 Å². The van der Waals surface area contributed by atoms with Gasteiger partial charge in [-0.1, -0.05) is 6.07 Å². The van der Waals surface area contributed by atoms with Gasteiger partial charge in [0.25, 0.3) is 0 Å². The van der Waals surface area contributed by atoms with Crippen LogP contribution in [0.3, 0.4) is 0 Å². The zero-order chi connectivity index (χ0) is 14.7. The van der Waals surface area contributed by atoms with Crippen LogP contribution in [0.4, 0.5) is 27.1 Å². The molecule has 0 fully saturated rings. The number of nitrogens with zero attached hydrogens (tertiary/aromatic N) is 1. The SMILES string of the molecule is COc1cc(Nc2cccc(N(C)C)c2)c(N)cc1F. The van der Waals surface area contributed by atoms with E-state index in [1.54, 1.807) is 6.07 Å². The predicted molar refractivity (Wildman–Crippen MR) is 81.4 cm³/mol. The van der Waals surface area contributed by atoms with Gasteiger partial charge in [-0.25, -0.2) is 4.39 Å². The van der Waals surface area contributed by atoms with Crippen LogP contribution in [0.5, 0.6) is 5.75 Å². The number of halogens is 1. The fraction of sp³-hybridized carbons (Fsp3) is 0.200. The van der Waals surface area contributed by atoms with Crippen LogP contribution < -0.4 is 20.7 Å². The highest BCUT2D eigenvalue weighted by Gasteiger charge is 2.09. The minimum Gasteiger partial charge on any atom is -0.494 e. The standard InChI is InChI=1S/C15H18FN3O/c1-19(2)11-6-4-5-10(7-11)18-14-9-15(20-3)12(16)8-13(14)17/h4-9,18H,17H2,1-3H3. The summed E-state index contributed by atoms with van der Waals surface area (Å²) in [5, 5.41) is 3.17. The Morgan fingerprint density at radius 3 is 2.60 bits per heavy atom. The molecule has 0 amide bonds. The molecule has 5 heteroatoms. The lowest BCUT2D eigenvalue weighted by Gasteiger charge is -2.16. The molecule has 2 aromatic carbocycles. The molecule has 0 aromatic heterocycles. The van der Waals surface area contributed by atoms with E-state index < -0.39 is 5.82 Å². The molecule has 0 unspecified atom stereocenters. The Hall–Kier alpha value is -2.43. The maximum atomic E-state index is 13.5. The van der Waals surface area contributed by atoms with Crippen LogP contribution >= 0.6 is 0 Å². The first-order chi connectivity index (χ1) is 9.51. The first-order valence-electron chi connectivity index (χ1n) is 6.18. The van der Waals surface area contributed by atoms with E-state index in [0.717, 1.165) is 11.4 Å². The highest BCUT2D eigenvalue weighted by atomic mass is 19.1. The van der Waals surface area contributed by atoms with E-state index in [1.807, 2.05) is 43.3 Å². The van der Waals surface area contributed by atoms with Crippen LogP contribution in [-0.4, -0.2) is 21.2 Å². The molecule has 0 aliphatic rings. The lowest BCUT2D eigenvalue weighted by Crippen LogP contribution is -2.08. The summed E-state index contributed by atoms with van der Waals surface area (Å²) in [5.74, 6) is -0.317. The molecule has 0 saturated heterocycles. The third-order valence-corrected chi connectivity index (χ3v) is 2.97. The molecule has 0 saturated carbocycles. The van der Waals surface area contributed by atoms with Gasteiger partial charge in [-0.05, 0) is 18.2 Å². The predicted octanol–water partition coefficient (Wildman–Crippen LogP) is 3.23.